The lowest BCUT2D eigenvalue weighted by atomic mass is 9.96. The number of carbonyl (C=O) groups excluding carboxylic acids is 1. The molecule has 1 fully saturated rings. The van der Waals surface area contributed by atoms with Gasteiger partial charge in [-0.15, -0.1) is 0 Å². The van der Waals surface area contributed by atoms with E-state index < -0.39 is 0 Å². The molecule has 1 aliphatic rings. The van der Waals surface area contributed by atoms with Crippen molar-refractivity contribution in [3.05, 3.63) is 71.3 Å². The summed E-state index contributed by atoms with van der Waals surface area (Å²) in [5.41, 5.74) is 3.82. The number of hydrogen-bond acceptors (Lipinski definition) is 2. The Morgan fingerprint density at radius 1 is 1.12 bits per heavy atom. The van der Waals surface area contributed by atoms with Gasteiger partial charge in [0.05, 0.1) is 5.92 Å². The summed E-state index contributed by atoms with van der Waals surface area (Å²) in [6.07, 6.45) is 2.10. The number of carbonyl (C=O) groups is 1. The number of nitrogens with zero attached hydrogens (tertiary/aromatic N) is 2. The van der Waals surface area contributed by atoms with Crippen LogP contribution in [0.15, 0.2) is 54.6 Å². The first-order valence-electron chi connectivity index (χ1n) is 9.18. The molecular weight excluding hydrogens is 308 g/mol. The van der Waals surface area contributed by atoms with Crippen LogP contribution in [0.4, 0.5) is 0 Å². The second-order valence-corrected chi connectivity index (χ2v) is 7.24. The van der Waals surface area contributed by atoms with E-state index in [1.165, 1.54) is 16.7 Å². The molecule has 3 nitrogen and oxygen atoms in total. The Kier molecular flexibility index (Phi) is 5.87. The minimum absolute atomic E-state index is 0.118. The average Bonchev–Trinajstić information content (AvgIpc) is 2.62. The fourth-order valence-corrected chi connectivity index (χ4v) is 3.72. The van der Waals surface area contributed by atoms with Gasteiger partial charge in [-0.1, -0.05) is 60.2 Å². The lowest BCUT2D eigenvalue weighted by Crippen LogP contribution is -2.43. The van der Waals surface area contributed by atoms with Crippen LogP contribution in [0.1, 0.15) is 29.5 Å². The number of hydrogen-bond donors (Lipinski definition) is 0. The number of benzene rings is 2. The molecule has 0 unspecified atom stereocenters. The molecule has 0 aromatic heterocycles. The van der Waals surface area contributed by atoms with E-state index in [4.69, 9.17) is 0 Å². The third-order valence-corrected chi connectivity index (χ3v) is 4.98. The molecule has 0 spiro atoms. The van der Waals surface area contributed by atoms with E-state index in [0.717, 1.165) is 32.5 Å². The molecule has 1 aliphatic heterocycles. The van der Waals surface area contributed by atoms with Crippen LogP contribution in [0.3, 0.4) is 0 Å². The first-order valence-corrected chi connectivity index (χ1v) is 9.18. The van der Waals surface area contributed by atoms with Crippen molar-refractivity contribution in [1.82, 2.24) is 9.80 Å². The molecule has 132 valence electrons. The molecule has 0 bridgehead atoms. The number of amides is 1. The van der Waals surface area contributed by atoms with Crippen molar-refractivity contribution in [3.63, 3.8) is 0 Å². The van der Waals surface area contributed by atoms with Crippen LogP contribution in [0.5, 0.6) is 0 Å². The topological polar surface area (TPSA) is 23.6 Å². The molecule has 1 heterocycles. The van der Waals surface area contributed by atoms with Crippen molar-refractivity contribution < 1.29 is 4.79 Å². The summed E-state index contributed by atoms with van der Waals surface area (Å²) in [6, 6.07) is 18.9. The van der Waals surface area contributed by atoms with Crippen molar-refractivity contribution in [2.45, 2.75) is 32.9 Å². The van der Waals surface area contributed by atoms with E-state index in [2.05, 4.69) is 48.2 Å². The third kappa shape index (κ3) is 4.93. The minimum atomic E-state index is 0.118. The van der Waals surface area contributed by atoms with E-state index in [0.29, 0.717) is 6.54 Å². The average molecular weight is 336 g/mol. The highest BCUT2D eigenvalue weighted by molar-refractivity contribution is 5.78. The summed E-state index contributed by atoms with van der Waals surface area (Å²) in [6.45, 7) is 5.71. The summed E-state index contributed by atoms with van der Waals surface area (Å²) in [4.78, 5) is 17.2. The van der Waals surface area contributed by atoms with Crippen molar-refractivity contribution >= 4 is 5.91 Å². The second kappa shape index (κ2) is 8.30. The van der Waals surface area contributed by atoms with Gasteiger partial charge < -0.3 is 4.90 Å². The number of rotatable bonds is 5. The highest BCUT2D eigenvalue weighted by atomic mass is 16.2. The van der Waals surface area contributed by atoms with Gasteiger partial charge in [-0.3, -0.25) is 9.69 Å². The number of aryl methyl sites for hydroxylation is 1. The number of likely N-dealkylation sites (tertiary alicyclic amines) is 1. The Morgan fingerprint density at radius 3 is 2.64 bits per heavy atom. The zero-order valence-corrected chi connectivity index (χ0v) is 15.3. The Hall–Kier alpha value is -2.13. The van der Waals surface area contributed by atoms with Crippen molar-refractivity contribution in [3.8, 4) is 0 Å². The van der Waals surface area contributed by atoms with Gasteiger partial charge >= 0.3 is 0 Å². The first-order chi connectivity index (χ1) is 12.1. The van der Waals surface area contributed by atoms with E-state index in [1.54, 1.807) is 0 Å². The zero-order valence-electron chi connectivity index (χ0n) is 15.3. The van der Waals surface area contributed by atoms with Crippen molar-refractivity contribution in [1.29, 1.82) is 0 Å². The van der Waals surface area contributed by atoms with Gasteiger partial charge in [0.1, 0.15) is 0 Å². The van der Waals surface area contributed by atoms with E-state index >= 15 is 0 Å². The Labute approximate surface area is 151 Å². The largest absolute Gasteiger partial charge is 0.341 e. The minimum Gasteiger partial charge on any atom is -0.341 e. The van der Waals surface area contributed by atoms with Crippen LogP contribution in [-0.4, -0.2) is 35.8 Å². The molecule has 3 rings (SSSR count). The molecule has 25 heavy (non-hydrogen) atoms. The molecule has 0 radical (unpaired) electrons. The van der Waals surface area contributed by atoms with E-state index in [9.17, 15) is 4.79 Å². The maximum absolute atomic E-state index is 12.9. The van der Waals surface area contributed by atoms with Gasteiger partial charge in [0, 0.05) is 26.7 Å². The summed E-state index contributed by atoms with van der Waals surface area (Å²) >= 11 is 0. The lowest BCUT2D eigenvalue weighted by molar-refractivity contribution is -0.136. The summed E-state index contributed by atoms with van der Waals surface area (Å²) < 4.78 is 0. The Morgan fingerprint density at radius 2 is 1.88 bits per heavy atom. The Bertz CT molecular complexity index is 698. The summed E-state index contributed by atoms with van der Waals surface area (Å²) in [5, 5.41) is 0. The van der Waals surface area contributed by atoms with Crippen molar-refractivity contribution in [2.24, 2.45) is 5.92 Å². The van der Waals surface area contributed by atoms with Crippen LogP contribution >= 0.6 is 0 Å². The molecule has 0 N–H and O–H groups in total. The van der Waals surface area contributed by atoms with Gasteiger partial charge in [-0.25, -0.2) is 0 Å². The maximum atomic E-state index is 12.9. The third-order valence-electron chi connectivity index (χ3n) is 4.98. The van der Waals surface area contributed by atoms with Crippen LogP contribution in [-0.2, 0) is 17.9 Å². The summed E-state index contributed by atoms with van der Waals surface area (Å²) in [5.74, 6) is 0.394. The lowest BCUT2D eigenvalue weighted by Gasteiger charge is -2.34. The fraction of sp³-hybridized carbons (Fsp3) is 0.409. The van der Waals surface area contributed by atoms with E-state index in [1.807, 2.05) is 30.1 Å². The first kappa shape index (κ1) is 17.7. The molecule has 2 aromatic rings. The summed E-state index contributed by atoms with van der Waals surface area (Å²) in [7, 11) is 1.93. The molecule has 1 saturated heterocycles. The van der Waals surface area contributed by atoms with Gasteiger partial charge in [0.15, 0.2) is 0 Å². The second-order valence-electron chi connectivity index (χ2n) is 7.24. The van der Waals surface area contributed by atoms with Gasteiger partial charge in [0.25, 0.3) is 0 Å². The molecular formula is C22H28N2O. The van der Waals surface area contributed by atoms with Crippen LogP contribution in [0.2, 0.25) is 0 Å². The monoisotopic (exact) mass is 336 g/mol. The molecule has 0 aliphatic carbocycles. The Balaban J connectivity index is 1.57. The molecule has 0 saturated carbocycles. The SMILES string of the molecule is Cc1cccc(CN2CCC[C@H](C(=O)N(C)Cc3ccccc3)C2)c1. The van der Waals surface area contributed by atoms with E-state index in [-0.39, 0.29) is 11.8 Å². The maximum Gasteiger partial charge on any atom is 0.227 e. The standard InChI is InChI=1S/C22H28N2O/c1-18-8-6-11-20(14-18)16-24-13-7-12-21(17-24)22(25)23(2)15-19-9-4-3-5-10-19/h3-6,8-11,14,21H,7,12-13,15-17H2,1-2H3/t21-/m0/s1. The highest BCUT2D eigenvalue weighted by Crippen LogP contribution is 2.21. The molecule has 1 amide bonds. The normalized spacial score (nSPS) is 18.1. The highest BCUT2D eigenvalue weighted by Gasteiger charge is 2.27. The van der Waals surface area contributed by atoms with Crippen LogP contribution < -0.4 is 0 Å². The van der Waals surface area contributed by atoms with Crippen LogP contribution in [0, 0.1) is 12.8 Å². The van der Waals surface area contributed by atoms with Gasteiger partial charge in [0.2, 0.25) is 5.91 Å². The molecule has 1 atom stereocenters. The predicted molar refractivity (Wildman–Crippen MR) is 102 cm³/mol. The molecule has 3 heteroatoms. The quantitative estimate of drug-likeness (QED) is 0.827. The van der Waals surface area contributed by atoms with Crippen LogP contribution in [0.25, 0.3) is 0 Å². The van der Waals surface area contributed by atoms with Crippen molar-refractivity contribution in [2.75, 3.05) is 20.1 Å². The molecule has 2 aromatic carbocycles. The smallest absolute Gasteiger partial charge is 0.227 e. The zero-order chi connectivity index (χ0) is 17.6. The fourth-order valence-electron chi connectivity index (χ4n) is 3.72. The predicted octanol–water partition coefficient (Wildman–Crippen LogP) is 3.87. The van der Waals surface area contributed by atoms with Gasteiger partial charge in [-0.2, -0.15) is 0 Å². The van der Waals surface area contributed by atoms with Gasteiger partial charge in [-0.05, 0) is 37.4 Å². The number of piperidine rings is 1.